The normalized spacial score (nSPS) is 23.4. The van der Waals surface area contributed by atoms with Gasteiger partial charge in [0.15, 0.2) is 23.2 Å². The summed E-state index contributed by atoms with van der Waals surface area (Å²) in [6.07, 6.45) is -2.61. The van der Waals surface area contributed by atoms with Crippen molar-refractivity contribution in [1.29, 1.82) is 0 Å². The summed E-state index contributed by atoms with van der Waals surface area (Å²) in [4.78, 5) is 37.7. The molecule has 1 saturated heterocycles. The van der Waals surface area contributed by atoms with Crippen LogP contribution >= 0.6 is 7.75 Å². The van der Waals surface area contributed by atoms with Gasteiger partial charge in [-0.15, -0.1) is 0 Å². The Kier molecular flexibility index (Phi) is 9.17. The smallest absolute Gasteiger partial charge is 0.479 e. The van der Waals surface area contributed by atoms with Crippen LogP contribution in [0.15, 0.2) is 25.1 Å². The van der Waals surface area contributed by atoms with Crippen LogP contribution < -0.4 is 21.4 Å². The number of nitrogens with zero attached hydrogens (tertiary/aromatic N) is 7. The summed E-state index contributed by atoms with van der Waals surface area (Å²) in [7, 11) is -2.87. The largest absolute Gasteiger partial charge is 0.519 e. The summed E-state index contributed by atoms with van der Waals surface area (Å²) < 4.78 is 51.6. The zero-order valence-corrected chi connectivity index (χ0v) is 23.7. The number of esters is 1. The van der Waals surface area contributed by atoms with Crippen LogP contribution in [-0.2, 0) is 34.5 Å². The minimum absolute atomic E-state index is 0.0394. The Morgan fingerprint density at radius 1 is 1.38 bits per heavy atom. The van der Waals surface area contributed by atoms with Gasteiger partial charge in [-0.2, -0.15) is 9.97 Å². The maximum Gasteiger partial charge on any atom is 0.519 e. The van der Waals surface area contributed by atoms with Crippen LogP contribution in [0.1, 0.15) is 31.6 Å². The molecule has 1 unspecified atom stereocenters. The van der Waals surface area contributed by atoms with Gasteiger partial charge >= 0.3 is 19.5 Å². The van der Waals surface area contributed by atoms with Gasteiger partial charge < -0.3 is 33.9 Å². The van der Waals surface area contributed by atoms with E-state index in [4.69, 9.17) is 37.8 Å². The fraction of sp³-hybridized carbons (Fsp3) is 0.571. The lowest BCUT2D eigenvalue weighted by molar-refractivity contribution is -0.140. The van der Waals surface area contributed by atoms with Gasteiger partial charge in [-0.1, -0.05) is 5.11 Å². The zero-order chi connectivity index (χ0) is 30.7. The van der Waals surface area contributed by atoms with E-state index in [1.165, 1.54) is 38.8 Å². The number of hydrogen-bond donors (Lipinski definition) is 3. The van der Waals surface area contributed by atoms with Crippen LogP contribution in [0.4, 0.5) is 5.95 Å². The molecule has 0 radical (unpaired) electrons. The first-order valence-electron chi connectivity index (χ1n) is 12.2. The molecule has 4 N–H and O–H groups in total. The molecule has 0 aliphatic carbocycles. The van der Waals surface area contributed by atoms with E-state index in [1.807, 2.05) is 0 Å². The Morgan fingerprint density at radius 2 is 2.14 bits per heavy atom. The maximum atomic E-state index is 13.6. The summed E-state index contributed by atoms with van der Waals surface area (Å²) >= 11 is 0. The van der Waals surface area contributed by atoms with Gasteiger partial charge in [0.25, 0.3) is 0 Å². The number of azide groups is 1. The molecular formula is C21H28N9O11P. The Morgan fingerprint density at radius 3 is 2.79 bits per heavy atom. The van der Waals surface area contributed by atoms with Gasteiger partial charge in [-0.05, 0) is 19.4 Å². The molecule has 0 aromatic carbocycles. The van der Waals surface area contributed by atoms with Crippen LogP contribution in [-0.4, -0.2) is 75.2 Å². The number of anilines is 1. The van der Waals surface area contributed by atoms with Gasteiger partial charge in [-0.3, -0.25) is 18.4 Å². The van der Waals surface area contributed by atoms with Crippen LogP contribution in [0.25, 0.3) is 21.6 Å². The molecule has 0 amide bonds. The molecule has 4 rings (SSSR count). The SMILES string of the molecule is COc1nc(N)nc2c1ncn2[C@@H]1O[C@H](COP(=O)(NCCOC(C)=O)OCc2oc(=O)oc2C)[C@@H](O)[C@@]1(C)N=[N+]=[N-]. The summed E-state index contributed by atoms with van der Waals surface area (Å²) in [5.41, 5.74) is 13.8. The second kappa shape index (κ2) is 12.5. The van der Waals surface area contributed by atoms with Gasteiger partial charge in [0, 0.05) is 18.4 Å². The molecule has 1 fully saturated rings. The van der Waals surface area contributed by atoms with Crippen molar-refractivity contribution in [3.63, 3.8) is 0 Å². The Hall–Kier alpha value is -4.03. The number of ether oxygens (including phenoxy) is 3. The molecule has 20 nitrogen and oxygen atoms in total. The average molecular weight is 613 g/mol. The number of aryl methyl sites for hydroxylation is 1. The molecule has 21 heteroatoms. The zero-order valence-electron chi connectivity index (χ0n) is 22.8. The second-order valence-electron chi connectivity index (χ2n) is 9.05. The van der Waals surface area contributed by atoms with Gasteiger partial charge in [-0.25, -0.2) is 19.4 Å². The highest BCUT2D eigenvalue weighted by atomic mass is 31.2. The minimum atomic E-state index is -4.24. The number of nitrogens with one attached hydrogen (secondary N) is 1. The third-order valence-corrected chi connectivity index (χ3v) is 7.76. The summed E-state index contributed by atoms with van der Waals surface area (Å²) in [5, 5.41) is 17.5. The number of carbonyl (C=O) groups is 1. The quantitative estimate of drug-likeness (QED) is 0.0607. The molecule has 5 atom stereocenters. The van der Waals surface area contributed by atoms with Crippen molar-refractivity contribution in [3.8, 4) is 5.88 Å². The molecule has 0 bridgehead atoms. The fourth-order valence-corrected chi connectivity index (χ4v) is 5.38. The monoisotopic (exact) mass is 613 g/mol. The number of aromatic nitrogens is 4. The van der Waals surface area contributed by atoms with E-state index in [0.717, 1.165) is 0 Å². The lowest BCUT2D eigenvalue weighted by atomic mass is 9.93. The molecule has 3 aromatic heterocycles. The minimum Gasteiger partial charge on any atom is -0.479 e. The summed E-state index contributed by atoms with van der Waals surface area (Å²) in [6, 6.07) is 0. The topological polar surface area (TPSA) is 274 Å². The average Bonchev–Trinajstić information content (AvgIpc) is 3.57. The highest BCUT2D eigenvalue weighted by Crippen LogP contribution is 2.48. The van der Waals surface area contributed by atoms with Crippen molar-refractivity contribution in [2.45, 2.75) is 51.4 Å². The number of methoxy groups -OCH3 is 1. The van der Waals surface area contributed by atoms with E-state index in [0.29, 0.717) is 0 Å². The first kappa shape index (κ1) is 30.9. The third kappa shape index (κ3) is 6.39. The first-order chi connectivity index (χ1) is 19.9. The van der Waals surface area contributed by atoms with Gasteiger partial charge in [0.2, 0.25) is 11.8 Å². The van der Waals surface area contributed by atoms with Crippen molar-refractivity contribution >= 4 is 30.8 Å². The molecule has 4 heterocycles. The van der Waals surface area contributed by atoms with Crippen molar-refractivity contribution < 1.29 is 46.6 Å². The summed E-state index contributed by atoms with van der Waals surface area (Å²) in [6.45, 7) is 2.71. The van der Waals surface area contributed by atoms with Crippen LogP contribution in [0, 0.1) is 6.92 Å². The predicted molar refractivity (Wildman–Crippen MR) is 139 cm³/mol. The van der Waals surface area contributed by atoms with Gasteiger partial charge in [0.1, 0.15) is 30.6 Å². The number of aliphatic hydroxyl groups excluding tert-OH is 1. The number of fused-ring (bicyclic) bond motifs is 1. The van der Waals surface area contributed by atoms with Crippen LogP contribution in [0.2, 0.25) is 0 Å². The number of nitrogens with two attached hydrogens (primary N) is 1. The van der Waals surface area contributed by atoms with E-state index in [9.17, 15) is 24.8 Å². The lowest BCUT2D eigenvalue weighted by Gasteiger charge is -2.28. The lowest BCUT2D eigenvalue weighted by Crippen LogP contribution is -2.42. The van der Waals surface area contributed by atoms with Crippen molar-refractivity contribution in [3.05, 3.63) is 38.9 Å². The Bertz CT molecular complexity index is 1600. The van der Waals surface area contributed by atoms with Crippen molar-refractivity contribution in [2.75, 3.05) is 32.6 Å². The number of rotatable bonds is 13. The summed E-state index contributed by atoms with van der Waals surface area (Å²) in [5.74, 6) is -1.53. The molecule has 0 saturated carbocycles. The standard InChI is InChI=1S/C21H28N9O11P/c1-10-12(41-20(33)39-10)7-37-42(34,25-5-6-36-11(2)31)38-8-13-15(32)21(3,28-29-23)18(40-13)30-9-24-14-16(30)26-19(22)27-17(14)35-4/h9,13,15,18,32H,5-8H2,1-4H3,(H,25,34)(H2,22,26,27)/t13-,15-,18-,21-,42?/m1/s1. The molecule has 42 heavy (non-hydrogen) atoms. The number of aliphatic hydroxyl groups is 1. The predicted octanol–water partition coefficient (Wildman–Crippen LogP) is 1.09. The number of imidazole rings is 1. The Balaban J connectivity index is 1.57. The van der Waals surface area contributed by atoms with E-state index in [1.54, 1.807) is 0 Å². The highest BCUT2D eigenvalue weighted by molar-refractivity contribution is 7.51. The van der Waals surface area contributed by atoms with Crippen molar-refractivity contribution in [2.24, 2.45) is 5.11 Å². The van der Waals surface area contributed by atoms with E-state index < -0.39 is 56.7 Å². The maximum absolute atomic E-state index is 13.6. The Labute approximate surface area is 236 Å². The molecular weight excluding hydrogens is 585 g/mol. The second-order valence-corrected chi connectivity index (χ2v) is 10.9. The molecule has 0 spiro atoms. The third-order valence-electron chi connectivity index (χ3n) is 6.19. The molecule has 1 aliphatic heterocycles. The number of nitrogen functional groups attached to an aromatic ring is 1. The highest BCUT2D eigenvalue weighted by Gasteiger charge is 2.55. The number of carbonyl (C=O) groups excluding carboxylic acids is 1. The van der Waals surface area contributed by atoms with E-state index in [-0.39, 0.29) is 47.7 Å². The van der Waals surface area contributed by atoms with Crippen LogP contribution in [0.3, 0.4) is 0 Å². The molecule has 3 aromatic rings. The number of hydrogen-bond acceptors (Lipinski definition) is 16. The van der Waals surface area contributed by atoms with Crippen molar-refractivity contribution in [1.82, 2.24) is 24.6 Å². The molecule has 228 valence electrons. The van der Waals surface area contributed by atoms with E-state index >= 15 is 0 Å². The fourth-order valence-electron chi connectivity index (χ4n) is 4.13. The van der Waals surface area contributed by atoms with E-state index in [2.05, 4.69) is 30.1 Å². The van der Waals surface area contributed by atoms with Gasteiger partial charge in [0.05, 0.1) is 26.1 Å². The first-order valence-corrected chi connectivity index (χ1v) is 13.8. The van der Waals surface area contributed by atoms with Crippen LogP contribution in [0.5, 0.6) is 5.88 Å². The molecule has 1 aliphatic rings.